The molecule has 18 heavy (non-hydrogen) atoms. The Morgan fingerprint density at radius 3 is 2.61 bits per heavy atom. The fourth-order valence-electron chi connectivity index (χ4n) is 1.35. The van der Waals surface area contributed by atoms with Gasteiger partial charge in [-0.2, -0.15) is 0 Å². The van der Waals surface area contributed by atoms with E-state index in [1.165, 1.54) is 18.2 Å². The van der Waals surface area contributed by atoms with Crippen LogP contribution in [0, 0.1) is 5.82 Å². The Kier molecular flexibility index (Phi) is 4.67. The van der Waals surface area contributed by atoms with E-state index in [0.29, 0.717) is 0 Å². The van der Waals surface area contributed by atoms with Gasteiger partial charge in [-0.3, -0.25) is 0 Å². The molecular formula is C13H18FNO3. The van der Waals surface area contributed by atoms with Crippen LogP contribution in [0.5, 0.6) is 0 Å². The molecule has 0 bridgehead atoms. The van der Waals surface area contributed by atoms with Gasteiger partial charge in [0.05, 0.1) is 12.6 Å². The van der Waals surface area contributed by atoms with E-state index in [0.717, 1.165) is 0 Å². The van der Waals surface area contributed by atoms with Crippen LogP contribution in [0.25, 0.3) is 0 Å². The molecule has 0 unspecified atom stereocenters. The lowest BCUT2D eigenvalue weighted by atomic mass is 10.1. The van der Waals surface area contributed by atoms with Crippen LogP contribution in [0.15, 0.2) is 24.3 Å². The van der Waals surface area contributed by atoms with Crippen molar-refractivity contribution in [1.82, 2.24) is 5.32 Å². The number of aliphatic hydroxyl groups excluding tert-OH is 1. The summed E-state index contributed by atoms with van der Waals surface area (Å²) in [5.41, 5.74) is -0.457. The molecule has 0 aromatic heterocycles. The monoisotopic (exact) mass is 255 g/mol. The second-order valence-electron chi connectivity index (χ2n) is 4.92. The van der Waals surface area contributed by atoms with E-state index in [1.807, 2.05) is 0 Å². The summed E-state index contributed by atoms with van der Waals surface area (Å²) in [6.07, 6.45) is -1.74. The highest BCUT2D eigenvalue weighted by Crippen LogP contribution is 2.15. The zero-order valence-electron chi connectivity index (χ0n) is 10.7. The lowest BCUT2D eigenvalue weighted by Crippen LogP contribution is -2.34. The topological polar surface area (TPSA) is 58.6 Å². The Hall–Kier alpha value is -1.62. The summed E-state index contributed by atoms with van der Waals surface area (Å²) in [6, 6.07) is 5.88. The molecule has 0 radical (unpaired) electrons. The number of alkyl carbamates (subject to hydrolysis) is 1. The molecule has 0 heterocycles. The average Bonchev–Trinajstić information content (AvgIpc) is 2.24. The fraction of sp³-hybridized carbons (Fsp3) is 0.462. The molecule has 0 aliphatic rings. The van der Waals surface area contributed by atoms with Crippen LogP contribution in [-0.4, -0.2) is 23.3 Å². The highest BCUT2D eigenvalue weighted by atomic mass is 19.1. The van der Waals surface area contributed by atoms with Crippen LogP contribution in [0.3, 0.4) is 0 Å². The van der Waals surface area contributed by atoms with E-state index in [2.05, 4.69) is 5.32 Å². The zero-order valence-corrected chi connectivity index (χ0v) is 10.7. The van der Waals surface area contributed by atoms with Crippen LogP contribution >= 0.6 is 0 Å². The lowest BCUT2D eigenvalue weighted by Gasteiger charge is -2.20. The molecule has 5 heteroatoms. The molecule has 4 nitrogen and oxygen atoms in total. The van der Waals surface area contributed by atoms with Crippen molar-refractivity contribution in [3.63, 3.8) is 0 Å². The van der Waals surface area contributed by atoms with Crippen LogP contribution < -0.4 is 5.32 Å². The van der Waals surface area contributed by atoms with Gasteiger partial charge in [-0.1, -0.05) is 18.2 Å². The molecule has 0 saturated carbocycles. The molecule has 1 aromatic carbocycles. The van der Waals surface area contributed by atoms with Gasteiger partial charge in [-0.05, 0) is 26.8 Å². The van der Waals surface area contributed by atoms with Crippen molar-refractivity contribution in [3.05, 3.63) is 35.6 Å². The number of aliphatic hydroxyl groups is 1. The summed E-state index contributed by atoms with van der Waals surface area (Å²) in [5.74, 6) is -0.504. The van der Waals surface area contributed by atoms with E-state index >= 15 is 0 Å². The number of nitrogens with one attached hydrogen (secondary N) is 1. The Labute approximate surface area is 106 Å². The van der Waals surface area contributed by atoms with Crippen molar-refractivity contribution in [2.45, 2.75) is 32.5 Å². The van der Waals surface area contributed by atoms with Crippen LogP contribution in [0.4, 0.5) is 9.18 Å². The standard InChI is InChI=1S/C13H18FNO3/c1-13(2,3)18-12(17)15-8-11(16)9-6-4-5-7-10(9)14/h4-7,11,16H,8H2,1-3H3,(H,15,17)/t11-/m0/s1. The van der Waals surface area contributed by atoms with Gasteiger partial charge in [0.1, 0.15) is 11.4 Å². The minimum absolute atomic E-state index is 0.101. The van der Waals surface area contributed by atoms with Gasteiger partial charge in [0.2, 0.25) is 0 Å². The normalized spacial score (nSPS) is 12.9. The summed E-state index contributed by atoms with van der Waals surface area (Å²) in [6.45, 7) is 5.11. The van der Waals surface area contributed by atoms with E-state index < -0.39 is 23.6 Å². The Bertz CT molecular complexity index is 415. The molecule has 2 N–H and O–H groups in total. The smallest absolute Gasteiger partial charge is 0.407 e. The maximum Gasteiger partial charge on any atom is 0.407 e. The number of carbonyl (C=O) groups is 1. The maximum atomic E-state index is 13.3. The molecule has 0 spiro atoms. The van der Waals surface area contributed by atoms with Gasteiger partial charge in [0.25, 0.3) is 0 Å². The number of amides is 1. The van der Waals surface area contributed by atoms with Crippen molar-refractivity contribution in [2.75, 3.05) is 6.54 Å². The first-order valence-corrected chi connectivity index (χ1v) is 5.69. The highest BCUT2D eigenvalue weighted by Gasteiger charge is 2.18. The molecule has 1 aromatic rings. The largest absolute Gasteiger partial charge is 0.444 e. The quantitative estimate of drug-likeness (QED) is 0.871. The fourth-order valence-corrected chi connectivity index (χ4v) is 1.35. The summed E-state index contributed by atoms with van der Waals surface area (Å²) >= 11 is 0. The number of benzene rings is 1. The van der Waals surface area contributed by atoms with Crippen molar-refractivity contribution in [3.8, 4) is 0 Å². The Balaban J connectivity index is 2.49. The van der Waals surface area contributed by atoms with Crippen LogP contribution in [0.1, 0.15) is 32.4 Å². The first kappa shape index (κ1) is 14.4. The number of hydrogen-bond donors (Lipinski definition) is 2. The third kappa shape index (κ3) is 4.71. The molecule has 1 rings (SSSR count). The van der Waals surface area contributed by atoms with Crippen molar-refractivity contribution >= 4 is 6.09 Å². The number of carbonyl (C=O) groups excluding carboxylic acids is 1. The first-order valence-electron chi connectivity index (χ1n) is 5.69. The molecule has 1 atom stereocenters. The zero-order chi connectivity index (χ0) is 13.8. The predicted octanol–water partition coefficient (Wildman–Crippen LogP) is 2.38. The van der Waals surface area contributed by atoms with Gasteiger partial charge in [-0.25, -0.2) is 9.18 Å². The molecule has 0 aliphatic heterocycles. The lowest BCUT2D eigenvalue weighted by molar-refractivity contribution is 0.0490. The van der Waals surface area contributed by atoms with Gasteiger partial charge in [-0.15, -0.1) is 0 Å². The predicted molar refractivity (Wildman–Crippen MR) is 65.6 cm³/mol. The summed E-state index contributed by atoms with van der Waals surface area (Å²) < 4.78 is 18.3. The second-order valence-corrected chi connectivity index (χ2v) is 4.92. The number of rotatable bonds is 3. The van der Waals surface area contributed by atoms with Gasteiger partial charge < -0.3 is 15.2 Å². The highest BCUT2D eigenvalue weighted by molar-refractivity contribution is 5.67. The molecule has 1 amide bonds. The minimum atomic E-state index is -1.10. The molecule has 0 fully saturated rings. The maximum absolute atomic E-state index is 13.3. The van der Waals surface area contributed by atoms with Crippen molar-refractivity contribution in [2.24, 2.45) is 0 Å². The molecular weight excluding hydrogens is 237 g/mol. The Morgan fingerprint density at radius 1 is 1.44 bits per heavy atom. The van der Waals surface area contributed by atoms with Crippen molar-refractivity contribution in [1.29, 1.82) is 0 Å². The van der Waals surface area contributed by atoms with E-state index in [-0.39, 0.29) is 12.1 Å². The molecule has 0 aliphatic carbocycles. The van der Waals surface area contributed by atoms with Gasteiger partial charge in [0.15, 0.2) is 0 Å². The van der Waals surface area contributed by atoms with E-state index in [1.54, 1.807) is 26.8 Å². The number of halogens is 1. The molecule has 100 valence electrons. The van der Waals surface area contributed by atoms with Crippen LogP contribution in [-0.2, 0) is 4.74 Å². The second kappa shape index (κ2) is 5.82. The number of ether oxygens (including phenoxy) is 1. The summed E-state index contributed by atoms with van der Waals surface area (Å²) in [4.78, 5) is 11.3. The van der Waals surface area contributed by atoms with E-state index in [4.69, 9.17) is 4.74 Å². The average molecular weight is 255 g/mol. The van der Waals surface area contributed by atoms with E-state index in [9.17, 15) is 14.3 Å². The van der Waals surface area contributed by atoms with Crippen LogP contribution in [0.2, 0.25) is 0 Å². The van der Waals surface area contributed by atoms with Crippen molar-refractivity contribution < 1.29 is 19.0 Å². The van der Waals surface area contributed by atoms with Gasteiger partial charge >= 0.3 is 6.09 Å². The third-order valence-electron chi connectivity index (χ3n) is 2.10. The van der Waals surface area contributed by atoms with Gasteiger partial charge in [0, 0.05) is 5.56 Å². The first-order chi connectivity index (χ1) is 8.29. The summed E-state index contributed by atoms with van der Waals surface area (Å²) in [7, 11) is 0. The number of hydrogen-bond acceptors (Lipinski definition) is 3. The summed E-state index contributed by atoms with van der Waals surface area (Å²) in [5, 5.41) is 12.1. The SMILES string of the molecule is CC(C)(C)OC(=O)NC[C@H](O)c1ccccc1F. The molecule has 0 saturated heterocycles. The minimum Gasteiger partial charge on any atom is -0.444 e. The third-order valence-corrected chi connectivity index (χ3v) is 2.10. The Morgan fingerprint density at radius 2 is 2.06 bits per heavy atom.